The molecule has 1 fully saturated rings. The molecule has 0 spiro atoms. The number of hydrogen-bond acceptors (Lipinski definition) is 6. The molecular formula is C29H22ClFN8O2. The largest absolute Gasteiger partial charge is 0.326 e. The Morgan fingerprint density at radius 3 is 2.78 bits per heavy atom. The number of nitrogens with one attached hydrogen (secondary N) is 2. The minimum absolute atomic E-state index is 0.0204. The number of carbonyl (C=O) groups is 1. The Morgan fingerprint density at radius 2 is 1.95 bits per heavy atom. The zero-order valence-electron chi connectivity index (χ0n) is 21.7. The highest BCUT2D eigenvalue weighted by atomic mass is 35.5. The maximum atomic E-state index is 15.3. The van der Waals surface area contributed by atoms with Crippen LogP contribution >= 0.6 is 11.6 Å². The highest BCUT2D eigenvalue weighted by molar-refractivity contribution is 6.31. The molecule has 0 saturated heterocycles. The molecule has 10 nitrogen and oxygen atoms in total. The van der Waals surface area contributed by atoms with E-state index in [0.717, 1.165) is 28.9 Å². The van der Waals surface area contributed by atoms with Gasteiger partial charge in [-0.15, -0.1) is 5.10 Å². The number of H-pyrrole nitrogens is 1. The van der Waals surface area contributed by atoms with E-state index in [4.69, 9.17) is 11.6 Å². The summed E-state index contributed by atoms with van der Waals surface area (Å²) in [6, 6.07) is 14.0. The minimum atomic E-state index is -0.548. The fraction of sp³-hybridized carbons (Fsp3) is 0.241. The third-order valence-corrected chi connectivity index (χ3v) is 8.67. The van der Waals surface area contributed by atoms with Crippen LogP contribution in [0.1, 0.15) is 42.4 Å². The van der Waals surface area contributed by atoms with Crippen LogP contribution in [0.15, 0.2) is 59.7 Å². The van der Waals surface area contributed by atoms with Crippen LogP contribution in [0, 0.1) is 17.8 Å². The second-order valence-corrected chi connectivity index (χ2v) is 11.4. The van der Waals surface area contributed by atoms with E-state index in [1.165, 1.54) is 11.0 Å². The number of amides is 1. The summed E-state index contributed by atoms with van der Waals surface area (Å²) >= 11 is 6.34. The molecule has 3 aliphatic rings. The van der Waals surface area contributed by atoms with Crippen LogP contribution in [0.2, 0.25) is 5.02 Å². The van der Waals surface area contributed by atoms with Crippen molar-refractivity contribution >= 4 is 23.2 Å². The highest BCUT2D eigenvalue weighted by Crippen LogP contribution is 2.60. The van der Waals surface area contributed by atoms with Crippen molar-refractivity contribution in [3.63, 3.8) is 0 Å². The number of aromatic amines is 1. The van der Waals surface area contributed by atoms with E-state index < -0.39 is 12.0 Å². The number of rotatable bonds is 4. The molecule has 41 heavy (non-hydrogen) atoms. The predicted molar refractivity (Wildman–Crippen MR) is 148 cm³/mol. The van der Waals surface area contributed by atoms with Crippen molar-refractivity contribution < 1.29 is 9.18 Å². The number of hydrogen-bond donors (Lipinski definition) is 2. The van der Waals surface area contributed by atoms with Gasteiger partial charge in [0.1, 0.15) is 17.8 Å². The number of halogens is 2. The van der Waals surface area contributed by atoms with E-state index in [1.54, 1.807) is 34.9 Å². The summed E-state index contributed by atoms with van der Waals surface area (Å²) in [6.45, 7) is 1.87. The van der Waals surface area contributed by atoms with Gasteiger partial charge >= 0.3 is 0 Å². The summed E-state index contributed by atoms with van der Waals surface area (Å²) in [6.07, 6.45) is 2.95. The van der Waals surface area contributed by atoms with Gasteiger partial charge in [0.2, 0.25) is 11.9 Å². The fourth-order valence-electron chi connectivity index (χ4n) is 6.38. The van der Waals surface area contributed by atoms with Crippen molar-refractivity contribution in [1.29, 1.82) is 0 Å². The van der Waals surface area contributed by atoms with Gasteiger partial charge in [-0.2, -0.15) is 9.07 Å². The molecule has 204 valence electrons. The third-order valence-electron chi connectivity index (χ3n) is 8.44. The molecule has 3 aromatic heterocycles. The first-order valence-electron chi connectivity index (χ1n) is 13.3. The first-order chi connectivity index (χ1) is 19.9. The summed E-state index contributed by atoms with van der Waals surface area (Å²) in [5, 5.41) is 14.9. The lowest BCUT2D eigenvalue weighted by atomic mass is 9.93. The molecule has 5 aromatic rings. The topological polar surface area (TPSA) is 123 Å². The van der Waals surface area contributed by atoms with E-state index in [2.05, 4.69) is 30.8 Å². The van der Waals surface area contributed by atoms with E-state index in [9.17, 15) is 9.59 Å². The maximum Gasteiger partial charge on any atom is 0.252 e. The molecule has 3 unspecified atom stereocenters. The molecular weight excluding hydrogens is 547 g/mol. The lowest BCUT2D eigenvalue weighted by Crippen LogP contribution is -2.27. The summed E-state index contributed by atoms with van der Waals surface area (Å²) in [7, 11) is 0. The molecule has 8 rings (SSSR count). The average Bonchev–Trinajstić information content (AvgIpc) is 3.25. The monoisotopic (exact) mass is 568 g/mol. The third kappa shape index (κ3) is 3.76. The molecule has 2 aromatic carbocycles. The molecule has 1 aliphatic carbocycles. The van der Waals surface area contributed by atoms with Gasteiger partial charge in [0.05, 0.1) is 11.7 Å². The molecule has 2 N–H and O–H groups in total. The molecule has 1 amide bonds. The van der Waals surface area contributed by atoms with Crippen LogP contribution in [0.25, 0.3) is 28.1 Å². The van der Waals surface area contributed by atoms with Crippen LogP contribution < -0.4 is 10.9 Å². The predicted octanol–water partition coefficient (Wildman–Crippen LogP) is 4.51. The van der Waals surface area contributed by atoms with Crippen molar-refractivity contribution in [3.05, 3.63) is 93.3 Å². The van der Waals surface area contributed by atoms with Crippen LogP contribution in [-0.2, 0) is 11.2 Å². The molecule has 12 heteroatoms. The second-order valence-electron chi connectivity index (χ2n) is 11.0. The minimum Gasteiger partial charge on any atom is -0.326 e. The molecule has 1 saturated carbocycles. The van der Waals surface area contributed by atoms with Gasteiger partial charge in [-0.05, 0) is 76.7 Å². The molecule has 5 heterocycles. The van der Waals surface area contributed by atoms with Gasteiger partial charge in [0.15, 0.2) is 0 Å². The zero-order chi connectivity index (χ0) is 28.0. The number of pyridine rings is 1. The number of carbonyl (C=O) groups excluding carboxylic acids is 1. The van der Waals surface area contributed by atoms with Gasteiger partial charge in [-0.1, -0.05) is 24.6 Å². The van der Waals surface area contributed by atoms with Crippen molar-refractivity contribution in [2.45, 2.75) is 31.7 Å². The van der Waals surface area contributed by atoms with Crippen LogP contribution in [0.4, 0.5) is 10.1 Å². The van der Waals surface area contributed by atoms with Gasteiger partial charge in [0, 0.05) is 45.4 Å². The van der Waals surface area contributed by atoms with Crippen LogP contribution in [0.5, 0.6) is 0 Å². The molecule has 0 radical (unpaired) electrons. The number of anilines is 1. The lowest BCUT2D eigenvalue weighted by Gasteiger charge is -2.22. The van der Waals surface area contributed by atoms with Gasteiger partial charge < -0.3 is 14.9 Å². The number of benzene rings is 2. The van der Waals surface area contributed by atoms with Crippen molar-refractivity contribution in [2.75, 3.05) is 5.32 Å². The van der Waals surface area contributed by atoms with E-state index in [0.29, 0.717) is 34.1 Å². The fourth-order valence-corrected chi connectivity index (χ4v) is 6.55. The lowest BCUT2D eigenvalue weighted by molar-refractivity contribution is -0.119. The van der Waals surface area contributed by atoms with E-state index in [1.807, 2.05) is 25.1 Å². The molecule has 0 bridgehead atoms. The number of imidazole rings is 1. The Hall–Kier alpha value is -4.64. The number of nitrogens with zero attached hydrogens (tertiary/aromatic N) is 6. The Balaban J connectivity index is 1.18. The average molecular weight is 569 g/mol. The molecule has 2 aliphatic heterocycles. The van der Waals surface area contributed by atoms with E-state index >= 15 is 4.39 Å². The first-order valence-corrected chi connectivity index (χ1v) is 13.7. The Morgan fingerprint density at radius 1 is 1.07 bits per heavy atom. The number of aromatic nitrogens is 7. The van der Waals surface area contributed by atoms with Crippen molar-refractivity contribution in [1.82, 2.24) is 34.7 Å². The van der Waals surface area contributed by atoms with Crippen molar-refractivity contribution in [2.24, 2.45) is 11.8 Å². The first kappa shape index (κ1) is 24.2. The van der Waals surface area contributed by atoms with Crippen LogP contribution in [-0.4, -0.2) is 40.6 Å². The van der Waals surface area contributed by atoms with Crippen LogP contribution in [0.3, 0.4) is 0 Å². The number of tetrazole rings is 1. The Bertz CT molecular complexity index is 1950. The maximum absolute atomic E-state index is 15.3. The molecule has 4 atom stereocenters. The smallest absolute Gasteiger partial charge is 0.252 e. The summed E-state index contributed by atoms with van der Waals surface area (Å²) < 4.78 is 18.6. The normalized spacial score (nSPS) is 22.2. The zero-order valence-corrected chi connectivity index (χ0v) is 22.4. The van der Waals surface area contributed by atoms with Gasteiger partial charge in [-0.25, -0.2) is 4.98 Å². The van der Waals surface area contributed by atoms with E-state index in [-0.39, 0.29) is 34.9 Å². The summed E-state index contributed by atoms with van der Waals surface area (Å²) in [4.78, 5) is 33.2. The van der Waals surface area contributed by atoms with Gasteiger partial charge in [-0.3, -0.25) is 9.59 Å². The Labute approximate surface area is 237 Å². The summed E-state index contributed by atoms with van der Waals surface area (Å²) in [5.74, 6) is 0.0195. The highest BCUT2D eigenvalue weighted by Gasteiger charge is 2.54. The van der Waals surface area contributed by atoms with Gasteiger partial charge in [0.25, 0.3) is 5.56 Å². The Kier molecular flexibility index (Phi) is 5.12. The van der Waals surface area contributed by atoms with Crippen molar-refractivity contribution in [3.8, 4) is 28.1 Å². The number of fused-ring (bicyclic) bond motifs is 4. The second kappa shape index (κ2) is 8.68. The standard InChI is InChI=1S/C29H22ClFN8O2/c1-13-6-16-7-14(2-4-21(16)33-29(13)41)25-27(31)35-28(34-25)26-20-11-19(20)23-8-15(9-24(40)39(23)26)18-10-17(30)3-5-22(18)38-12-32-36-37-38/h2-5,7-10,12-13,19-20,26H,6,11H2,1H3,(H,33,41)(H,34,35)/t13?,19?,20-,26?/m1/s1. The quantitative estimate of drug-likeness (QED) is 0.329. The summed E-state index contributed by atoms with van der Waals surface area (Å²) in [5.41, 5.74) is 5.34. The SMILES string of the molecule is CC1Cc2cc(-c3nc(C4[C@@H]5CC5c5cc(-c6cc(Cl)ccc6-n6cnnn6)cc(=O)n54)[nH]c3F)ccc2NC1=O.